The van der Waals surface area contributed by atoms with Crippen LogP contribution in [0.1, 0.15) is 70.5 Å². The number of nitrogens with one attached hydrogen (secondary N) is 1. The number of urea groups is 1. The summed E-state index contributed by atoms with van der Waals surface area (Å²) in [5, 5.41) is 2.86. The van der Waals surface area contributed by atoms with Gasteiger partial charge >= 0.3 is 12.2 Å². The first kappa shape index (κ1) is 28.4. The van der Waals surface area contributed by atoms with E-state index in [4.69, 9.17) is 14.5 Å². The number of hydrogen-bond donors (Lipinski definition) is 1. The van der Waals surface area contributed by atoms with Crippen LogP contribution in [0.15, 0.2) is 30.9 Å². The Morgan fingerprint density at radius 1 is 1.21 bits per heavy atom. The smallest absolute Gasteiger partial charge is 0.389 e. The van der Waals surface area contributed by atoms with E-state index in [0.29, 0.717) is 60.2 Å². The van der Waals surface area contributed by atoms with E-state index >= 15 is 0 Å². The van der Waals surface area contributed by atoms with E-state index in [9.17, 15) is 18.0 Å². The number of carbonyl (C=O) groups is 1. The molecular formula is C27H35F3N6O3. The molecule has 4 heterocycles. The van der Waals surface area contributed by atoms with Gasteiger partial charge in [0.1, 0.15) is 5.75 Å². The van der Waals surface area contributed by atoms with Crippen LogP contribution >= 0.6 is 0 Å². The van der Waals surface area contributed by atoms with E-state index in [0.717, 1.165) is 19.3 Å². The number of alkyl halides is 3. The highest BCUT2D eigenvalue weighted by Crippen LogP contribution is 2.33. The third kappa shape index (κ3) is 7.10. The number of methoxy groups -OCH3 is 1. The Morgan fingerprint density at radius 2 is 2.00 bits per heavy atom. The Morgan fingerprint density at radius 3 is 2.74 bits per heavy atom. The number of amides is 2. The molecule has 4 rings (SSSR count). The van der Waals surface area contributed by atoms with Gasteiger partial charge < -0.3 is 24.1 Å². The van der Waals surface area contributed by atoms with E-state index in [1.165, 1.54) is 0 Å². The van der Waals surface area contributed by atoms with Crippen LogP contribution in [0, 0.1) is 0 Å². The van der Waals surface area contributed by atoms with E-state index < -0.39 is 30.7 Å². The fraction of sp³-hybridized carbons (Fsp3) is 0.556. The standard InChI is InChI=1S/C27H35F3N6O3/c1-4-36-18(2)21-15-20(23(38-3)16-32-21)22-17-35-13-12-31-24(35)25(34-22)39-14-8-6-5-7-9-19(33-26(36)37)10-11-27(28,29)30/h12-13,15-19H,4-11,14H2,1-3H3,(H,33,37)/t18-,19-/m1/s1. The van der Waals surface area contributed by atoms with E-state index in [2.05, 4.69) is 15.3 Å². The Hall–Kier alpha value is -3.57. The number of imidazole rings is 1. The molecule has 0 spiro atoms. The van der Waals surface area contributed by atoms with Gasteiger partial charge in [0.05, 0.1) is 37.3 Å². The fourth-order valence-corrected chi connectivity index (χ4v) is 4.83. The lowest BCUT2D eigenvalue weighted by molar-refractivity contribution is -0.136. The second-order valence-electron chi connectivity index (χ2n) is 9.71. The fourth-order valence-electron chi connectivity index (χ4n) is 4.83. The number of aromatic nitrogens is 4. The van der Waals surface area contributed by atoms with Gasteiger partial charge in [-0.3, -0.25) is 4.98 Å². The summed E-state index contributed by atoms with van der Waals surface area (Å²) in [5.41, 5.74) is 2.43. The maximum Gasteiger partial charge on any atom is 0.389 e. The number of rotatable bonds is 4. The number of hydrogen-bond acceptors (Lipinski definition) is 6. The molecular weight excluding hydrogens is 513 g/mol. The molecule has 0 fully saturated rings. The summed E-state index contributed by atoms with van der Waals surface area (Å²) in [4.78, 5) is 28.5. The minimum atomic E-state index is -4.28. The summed E-state index contributed by atoms with van der Waals surface area (Å²) in [7, 11) is 1.54. The van der Waals surface area contributed by atoms with Crippen molar-refractivity contribution in [2.75, 3.05) is 20.3 Å². The molecule has 1 aliphatic rings. The summed E-state index contributed by atoms with van der Waals surface area (Å²) in [6, 6.07) is 0.367. The van der Waals surface area contributed by atoms with E-state index in [1.807, 2.05) is 36.7 Å². The van der Waals surface area contributed by atoms with Crippen molar-refractivity contribution in [2.45, 2.75) is 77.1 Å². The average Bonchev–Trinajstić information content (AvgIpc) is 3.39. The molecule has 3 aromatic heterocycles. The van der Waals surface area contributed by atoms with Gasteiger partial charge in [-0.1, -0.05) is 19.3 Å². The largest absolute Gasteiger partial charge is 0.494 e. The van der Waals surface area contributed by atoms with Crippen LogP contribution in [0.4, 0.5) is 18.0 Å². The molecule has 39 heavy (non-hydrogen) atoms. The zero-order chi connectivity index (χ0) is 28.0. The van der Waals surface area contributed by atoms with Crippen LogP contribution in [0.2, 0.25) is 0 Å². The maximum atomic E-state index is 13.3. The monoisotopic (exact) mass is 548 g/mol. The first-order valence-corrected chi connectivity index (χ1v) is 13.3. The number of carbonyl (C=O) groups excluding carboxylic acids is 1. The summed E-state index contributed by atoms with van der Waals surface area (Å²) >= 11 is 0. The summed E-state index contributed by atoms with van der Waals surface area (Å²) in [6.07, 6.45) is 5.10. The first-order chi connectivity index (χ1) is 18.7. The third-order valence-electron chi connectivity index (χ3n) is 7.01. The lowest BCUT2D eigenvalue weighted by atomic mass is 10.0. The molecule has 0 aliphatic carbocycles. The average molecular weight is 549 g/mol. The van der Waals surface area contributed by atoms with Gasteiger partial charge in [-0.15, -0.1) is 0 Å². The zero-order valence-corrected chi connectivity index (χ0v) is 22.5. The van der Waals surface area contributed by atoms with Crippen LogP contribution in [-0.2, 0) is 0 Å². The zero-order valence-electron chi connectivity index (χ0n) is 22.5. The lowest BCUT2D eigenvalue weighted by Crippen LogP contribution is -2.46. The summed E-state index contributed by atoms with van der Waals surface area (Å²) in [5.74, 6) is 0.895. The molecule has 0 saturated carbocycles. The minimum Gasteiger partial charge on any atom is -0.494 e. The van der Waals surface area contributed by atoms with Gasteiger partial charge in [0.25, 0.3) is 5.88 Å². The first-order valence-electron chi connectivity index (χ1n) is 13.3. The molecule has 9 nitrogen and oxygen atoms in total. The molecule has 0 unspecified atom stereocenters. The topological polar surface area (TPSA) is 93.9 Å². The van der Waals surface area contributed by atoms with Crippen LogP contribution in [-0.4, -0.2) is 62.8 Å². The number of nitrogens with zero attached hydrogens (tertiary/aromatic N) is 5. The summed E-state index contributed by atoms with van der Waals surface area (Å²) < 4.78 is 52.4. The quantitative estimate of drug-likeness (QED) is 0.433. The van der Waals surface area contributed by atoms with Crippen LogP contribution in [0.5, 0.6) is 11.6 Å². The molecule has 0 radical (unpaired) electrons. The van der Waals surface area contributed by atoms with Crippen molar-refractivity contribution in [1.82, 2.24) is 29.6 Å². The Bertz CT molecular complexity index is 1270. The van der Waals surface area contributed by atoms with Gasteiger partial charge in [-0.2, -0.15) is 13.2 Å². The molecule has 3 aromatic rings. The van der Waals surface area contributed by atoms with Crippen molar-refractivity contribution < 1.29 is 27.4 Å². The SMILES string of the molecule is CCN1C(=O)N[C@@H](CCC(F)(F)F)CCCCCCOc2nc(cn3ccnc23)-c2cc(ncc2OC)[C@H]1C. The van der Waals surface area contributed by atoms with Crippen LogP contribution in [0.25, 0.3) is 16.9 Å². The third-order valence-corrected chi connectivity index (χ3v) is 7.01. The lowest BCUT2D eigenvalue weighted by Gasteiger charge is -2.31. The van der Waals surface area contributed by atoms with Gasteiger partial charge in [0.2, 0.25) is 5.65 Å². The second kappa shape index (κ2) is 12.5. The molecule has 0 saturated heterocycles. The summed E-state index contributed by atoms with van der Waals surface area (Å²) in [6.45, 7) is 4.44. The molecule has 1 N–H and O–H groups in total. The van der Waals surface area contributed by atoms with Gasteiger partial charge in [0.15, 0.2) is 0 Å². The molecule has 212 valence electrons. The van der Waals surface area contributed by atoms with Gasteiger partial charge in [0, 0.05) is 43.2 Å². The Labute approximate surface area is 225 Å². The van der Waals surface area contributed by atoms with Crippen molar-refractivity contribution in [2.24, 2.45) is 0 Å². The Balaban J connectivity index is 1.71. The van der Waals surface area contributed by atoms with Crippen molar-refractivity contribution in [3.63, 3.8) is 0 Å². The molecule has 12 heteroatoms. The highest BCUT2D eigenvalue weighted by atomic mass is 19.4. The molecule has 2 amide bonds. The predicted molar refractivity (Wildman–Crippen MR) is 140 cm³/mol. The van der Waals surface area contributed by atoms with Gasteiger partial charge in [-0.05, 0) is 39.2 Å². The van der Waals surface area contributed by atoms with Crippen LogP contribution in [0.3, 0.4) is 0 Å². The number of fused-ring (bicyclic) bond motifs is 7. The normalized spacial score (nSPS) is 19.6. The van der Waals surface area contributed by atoms with Crippen molar-refractivity contribution in [3.8, 4) is 22.9 Å². The van der Waals surface area contributed by atoms with Crippen molar-refractivity contribution in [3.05, 3.63) is 36.5 Å². The highest BCUT2D eigenvalue weighted by Gasteiger charge is 2.30. The van der Waals surface area contributed by atoms with Crippen LogP contribution < -0.4 is 14.8 Å². The van der Waals surface area contributed by atoms with E-state index in [-0.39, 0.29) is 6.42 Å². The molecule has 0 aromatic carbocycles. The highest BCUT2D eigenvalue weighted by molar-refractivity contribution is 5.75. The second-order valence-corrected chi connectivity index (χ2v) is 9.71. The van der Waals surface area contributed by atoms with E-state index in [1.54, 1.807) is 24.4 Å². The maximum absolute atomic E-state index is 13.3. The number of pyridine rings is 1. The molecule has 1 aliphatic heterocycles. The van der Waals surface area contributed by atoms with Crippen molar-refractivity contribution >= 4 is 11.7 Å². The molecule has 2 atom stereocenters. The Kier molecular flexibility index (Phi) is 9.13. The predicted octanol–water partition coefficient (Wildman–Crippen LogP) is 5.95. The molecule has 4 bridgehead atoms. The number of halogens is 3. The minimum absolute atomic E-state index is 0.157. The number of ether oxygens (including phenoxy) is 2. The van der Waals surface area contributed by atoms with Crippen molar-refractivity contribution in [1.29, 1.82) is 0 Å². The van der Waals surface area contributed by atoms with Gasteiger partial charge in [-0.25, -0.2) is 14.8 Å².